The Bertz CT molecular complexity index is 2050. The number of carbonyl (C=O) groups excluding carboxylic acids is 1. The Labute approximate surface area is 266 Å². The lowest BCUT2D eigenvalue weighted by atomic mass is 9.89. The molecule has 0 spiro atoms. The van der Waals surface area contributed by atoms with E-state index in [4.69, 9.17) is 11.6 Å². The van der Waals surface area contributed by atoms with E-state index in [0.717, 1.165) is 50.0 Å². The zero-order chi connectivity index (χ0) is 30.8. The van der Waals surface area contributed by atoms with E-state index in [1.807, 2.05) is 54.6 Å². The van der Waals surface area contributed by atoms with Gasteiger partial charge in [0.25, 0.3) is 0 Å². The fourth-order valence-corrected chi connectivity index (χ4v) is 7.17. The van der Waals surface area contributed by atoms with E-state index in [2.05, 4.69) is 31.4 Å². The van der Waals surface area contributed by atoms with Gasteiger partial charge < -0.3 is 0 Å². The molecule has 0 fully saturated rings. The van der Waals surface area contributed by atoms with Crippen molar-refractivity contribution in [1.82, 2.24) is 3.97 Å². The number of carbonyl (C=O) groups is 1. The van der Waals surface area contributed by atoms with Gasteiger partial charge in [0.15, 0.2) is 0 Å². The lowest BCUT2D eigenvalue weighted by Gasteiger charge is -2.17. The van der Waals surface area contributed by atoms with Gasteiger partial charge in [-0.25, -0.2) is 4.39 Å². The topological polar surface area (TPSA) is 69.6 Å². The molecule has 1 heterocycles. The van der Waals surface area contributed by atoms with Gasteiger partial charge in [-0.3, -0.25) is 8.77 Å². The second-order valence-electron chi connectivity index (χ2n) is 10.3. The zero-order valence-corrected chi connectivity index (χ0v) is 26.0. The molecule has 2 unspecified atom stereocenters. The Kier molecular flexibility index (Phi) is 8.51. The van der Waals surface area contributed by atoms with E-state index < -0.39 is 5.91 Å². The minimum atomic E-state index is -1.16. The van der Waals surface area contributed by atoms with Crippen LogP contribution < -0.4 is 0 Å². The number of halogens is 2. The van der Waals surface area contributed by atoms with Gasteiger partial charge in [0.05, 0.1) is 34.5 Å². The standard InChI is InChI=1S/C36H24ClFN3OPS/c37-31-17-22(21-42)11-16-29(31)24-5-3-6-25(18-24)35-34(33-26(19-39)7-4-8-27(33)20-40)30-9-1-2-10-32(30)41(35)44-28-14-12-23(13-15-28)36(38)43/h1-10,12-15,17-18,21,36H,11,16,43H2. The number of rotatable bonds is 7. The number of nitrogens with zero attached hydrogens (tertiary/aromatic N) is 3. The van der Waals surface area contributed by atoms with Gasteiger partial charge in [-0.1, -0.05) is 75.4 Å². The maximum Gasteiger partial charge on any atom is 0.146 e. The summed E-state index contributed by atoms with van der Waals surface area (Å²) in [5.41, 5.74) is 7.82. The lowest BCUT2D eigenvalue weighted by Crippen LogP contribution is -1.99. The van der Waals surface area contributed by atoms with Gasteiger partial charge >= 0.3 is 0 Å². The molecular weight excluding hydrogens is 608 g/mol. The fraction of sp³-hybridized carbons (Fsp3) is 0.0833. The number of hydrogen-bond acceptors (Lipinski definition) is 4. The minimum absolute atomic E-state index is 0.401. The second kappa shape index (κ2) is 12.7. The molecule has 2 atom stereocenters. The summed E-state index contributed by atoms with van der Waals surface area (Å²) in [6.45, 7) is 0. The first-order valence-electron chi connectivity index (χ1n) is 13.8. The van der Waals surface area contributed by atoms with Crippen LogP contribution in [0.15, 0.2) is 113 Å². The van der Waals surface area contributed by atoms with Crippen LogP contribution in [0.1, 0.15) is 41.0 Å². The van der Waals surface area contributed by atoms with E-state index >= 15 is 0 Å². The number of allylic oxidation sites excluding steroid dienone is 4. The number of aldehydes is 1. The molecule has 1 aliphatic rings. The van der Waals surface area contributed by atoms with Crippen LogP contribution in [0.4, 0.5) is 4.39 Å². The van der Waals surface area contributed by atoms with Crippen LogP contribution in [0.25, 0.3) is 38.9 Å². The van der Waals surface area contributed by atoms with Crippen molar-refractivity contribution in [2.24, 2.45) is 0 Å². The Morgan fingerprint density at radius 2 is 1.57 bits per heavy atom. The predicted molar refractivity (Wildman–Crippen MR) is 180 cm³/mol. The third-order valence-corrected chi connectivity index (χ3v) is 9.45. The second-order valence-corrected chi connectivity index (χ2v) is 12.3. The van der Waals surface area contributed by atoms with E-state index in [-0.39, 0.29) is 0 Å². The summed E-state index contributed by atoms with van der Waals surface area (Å²) in [5, 5.41) is 21.8. The Morgan fingerprint density at radius 1 is 0.886 bits per heavy atom. The molecule has 0 amide bonds. The molecule has 0 N–H and O–H groups in total. The summed E-state index contributed by atoms with van der Waals surface area (Å²) in [4.78, 5) is 12.3. The molecule has 214 valence electrons. The lowest BCUT2D eigenvalue weighted by molar-refractivity contribution is -0.105. The first kappa shape index (κ1) is 29.6. The molecule has 44 heavy (non-hydrogen) atoms. The molecule has 1 aliphatic carbocycles. The summed E-state index contributed by atoms with van der Waals surface area (Å²) in [6, 6.07) is 33.1. The van der Waals surface area contributed by atoms with Gasteiger partial charge in [0.2, 0.25) is 0 Å². The Balaban J connectivity index is 1.66. The highest BCUT2D eigenvalue weighted by atomic mass is 35.5. The highest BCUT2D eigenvalue weighted by Gasteiger charge is 2.26. The zero-order valence-electron chi connectivity index (χ0n) is 23.3. The molecular formula is C36H24ClFN3OPS. The van der Waals surface area contributed by atoms with E-state index in [9.17, 15) is 19.7 Å². The van der Waals surface area contributed by atoms with Gasteiger partial charge in [0.1, 0.15) is 12.2 Å². The van der Waals surface area contributed by atoms with Crippen LogP contribution in [-0.4, -0.2) is 10.3 Å². The van der Waals surface area contributed by atoms with Crippen molar-refractivity contribution >= 4 is 55.6 Å². The number of alkyl halides is 1. The van der Waals surface area contributed by atoms with Gasteiger partial charge in [-0.05, 0) is 89.5 Å². The largest absolute Gasteiger partial charge is 0.298 e. The summed E-state index contributed by atoms with van der Waals surface area (Å²) < 4.78 is 16.1. The molecule has 0 saturated carbocycles. The molecule has 1 aromatic heterocycles. The maximum absolute atomic E-state index is 13.9. The molecule has 5 aromatic rings. The van der Waals surface area contributed by atoms with Gasteiger partial charge in [-0.15, -0.1) is 0 Å². The van der Waals surface area contributed by atoms with Crippen LogP contribution in [0.2, 0.25) is 0 Å². The molecule has 0 radical (unpaired) electrons. The number of benzene rings is 4. The summed E-state index contributed by atoms with van der Waals surface area (Å²) in [7, 11) is 2.17. The van der Waals surface area contributed by atoms with Crippen molar-refractivity contribution < 1.29 is 9.18 Å². The molecule has 4 nitrogen and oxygen atoms in total. The number of nitriles is 2. The Hall–Kier alpha value is -4.45. The van der Waals surface area contributed by atoms with Crippen molar-refractivity contribution in [2.45, 2.75) is 23.6 Å². The van der Waals surface area contributed by atoms with Crippen molar-refractivity contribution in [3.8, 4) is 34.5 Å². The molecule has 0 bridgehead atoms. The van der Waals surface area contributed by atoms with E-state index in [1.54, 1.807) is 36.4 Å². The van der Waals surface area contributed by atoms with Gasteiger partial charge in [-0.2, -0.15) is 10.5 Å². The number of fused-ring (bicyclic) bond motifs is 1. The summed E-state index contributed by atoms with van der Waals surface area (Å²) in [6.07, 6.45) is 3.80. The normalized spacial score (nSPS) is 13.7. The van der Waals surface area contributed by atoms with Crippen molar-refractivity contribution in [2.75, 3.05) is 0 Å². The average Bonchev–Trinajstić information content (AvgIpc) is 3.37. The van der Waals surface area contributed by atoms with Crippen molar-refractivity contribution in [1.29, 1.82) is 10.5 Å². The monoisotopic (exact) mass is 631 g/mol. The molecule has 8 heteroatoms. The molecule has 4 aromatic carbocycles. The minimum Gasteiger partial charge on any atom is -0.298 e. The van der Waals surface area contributed by atoms with Crippen LogP contribution in [0.3, 0.4) is 0 Å². The van der Waals surface area contributed by atoms with Crippen LogP contribution in [0.5, 0.6) is 0 Å². The highest BCUT2D eigenvalue weighted by Crippen LogP contribution is 2.47. The molecule has 0 aliphatic heterocycles. The Morgan fingerprint density at radius 3 is 2.23 bits per heavy atom. The van der Waals surface area contributed by atoms with Crippen LogP contribution in [-0.2, 0) is 4.79 Å². The fourth-order valence-electron chi connectivity index (χ4n) is 5.59. The van der Waals surface area contributed by atoms with E-state index in [0.29, 0.717) is 45.7 Å². The first-order valence-corrected chi connectivity index (χ1v) is 15.7. The highest BCUT2D eigenvalue weighted by molar-refractivity contribution is 7.98. The maximum atomic E-state index is 13.9. The van der Waals surface area contributed by atoms with Crippen LogP contribution in [0, 0.1) is 22.7 Å². The number of hydrogen-bond donors (Lipinski definition) is 0. The first-order chi connectivity index (χ1) is 21.4. The summed E-state index contributed by atoms with van der Waals surface area (Å²) in [5.74, 6) is -1.16. The van der Waals surface area contributed by atoms with Gasteiger partial charge in [0, 0.05) is 32.0 Å². The van der Waals surface area contributed by atoms with E-state index in [1.165, 1.54) is 11.9 Å². The number of para-hydroxylation sites is 1. The third kappa shape index (κ3) is 5.49. The number of aromatic nitrogens is 1. The SMILES string of the molecule is N#Cc1cccc(C#N)c1-c1c(-c2cccc(C3=C(Cl)C=C(C=O)CC3)c2)n(Sc2ccc(C(F)P)cc2)c2ccccc12. The third-order valence-electron chi connectivity index (χ3n) is 7.68. The van der Waals surface area contributed by atoms with Crippen LogP contribution >= 0.6 is 32.8 Å². The summed E-state index contributed by atoms with van der Waals surface area (Å²) >= 11 is 8.15. The quantitative estimate of drug-likeness (QED) is 0.132. The predicted octanol–water partition coefficient (Wildman–Crippen LogP) is 9.99. The van der Waals surface area contributed by atoms with Crippen molar-refractivity contribution in [3.05, 3.63) is 130 Å². The average molecular weight is 632 g/mol. The molecule has 0 saturated heterocycles. The van der Waals surface area contributed by atoms with Crippen molar-refractivity contribution in [3.63, 3.8) is 0 Å². The smallest absolute Gasteiger partial charge is 0.146 e. The molecule has 6 rings (SSSR count).